The van der Waals surface area contributed by atoms with Crippen LogP contribution in [0.1, 0.15) is 62.4 Å². The van der Waals surface area contributed by atoms with E-state index in [9.17, 15) is 0 Å². The fourth-order valence-corrected chi connectivity index (χ4v) is 7.05. The van der Waals surface area contributed by atoms with Gasteiger partial charge in [-0.3, -0.25) is 0 Å². The molecule has 1 aliphatic carbocycles. The second-order valence-corrected chi connectivity index (χ2v) is 13.2. The van der Waals surface area contributed by atoms with Crippen molar-refractivity contribution in [3.63, 3.8) is 0 Å². The molecule has 0 saturated carbocycles. The molecule has 0 radical (unpaired) electrons. The van der Waals surface area contributed by atoms with Crippen molar-refractivity contribution in [1.29, 1.82) is 0 Å². The second kappa shape index (κ2) is 8.85. The molecule has 6 aromatic rings. The van der Waals surface area contributed by atoms with Crippen LogP contribution in [0.25, 0.3) is 33.1 Å². The molecule has 41 heavy (non-hydrogen) atoms. The van der Waals surface area contributed by atoms with Crippen molar-refractivity contribution in [2.75, 3.05) is 4.90 Å². The fraction of sp³-hybridized carbons (Fsp3) is 0.231. The van der Waals surface area contributed by atoms with E-state index in [1.54, 1.807) is 0 Å². The van der Waals surface area contributed by atoms with Crippen molar-refractivity contribution in [1.82, 2.24) is 0 Å². The smallest absolute Gasteiger partial charge is 0.135 e. The summed E-state index contributed by atoms with van der Waals surface area (Å²) in [7, 11) is 0. The Labute approximate surface area is 243 Å². The standard InChI is InChI=1S/C39H37NO/c1-24-22-26(38(3,4)5)23-25(2)37(24)40(27-14-9-8-10-15-27)31-18-13-17-30-34(31)29-20-21-33-35(36(29)39(30,6)7)28-16-11-12-19-32(28)41-33/h8-23H,1-7H3. The third-order valence-electron chi connectivity index (χ3n) is 8.99. The van der Waals surface area contributed by atoms with Crippen LogP contribution in [0.5, 0.6) is 0 Å². The molecule has 2 nitrogen and oxygen atoms in total. The number of rotatable bonds is 3. The Bertz CT molecular complexity index is 1940. The zero-order valence-corrected chi connectivity index (χ0v) is 25.1. The number of aryl methyl sites for hydroxylation is 2. The first kappa shape index (κ1) is 25.7. The maximum Gasteiger partial charge on any atom is 0.135 e. The monoisotopic (exact) mass is 535 g/mol. The van der Waals surface area contributed by atoms with Gasteiger partial charge in [0.15, 0.2) is 0 Å². The van der Waals surface area contributed by atoms with Gasteiger partial charge in [-0.2, -0.15) is 0 Å². The zero-order chi connectivity index (χ0) is 28.7. The molecule has 0 bridgehead atoms. The predicted molar refractivity (Wildman–Crippen MR) is 174 cm³/mol. The number of nitrogens with zero attached hydrogens (tertiary/aromatic N) is 1. The van der Waals surface area contributed by atoms with Crippen molar-refractivity contribution in [2.45, 2.75) is 59.3 Å². The molecule has 0 N–H and O–H groups in total. The lowest BCUT2D eigenvalue weighted by Gasteiger charge is -2.32. The molecule has 0 atom stereocenters. The van der Waals surface area contributed by atoms with Crippen LogP contribution in [0.2, 0.25) is 0 Å². The summed E-state index contributed by atoms with van der Waals surface area (Å²) in [5.74, 6) is 0. The molecule has 0 spiro atoms. The molecule has 0 aliphatic heterocycles. The Kier molecular flexibility index (Phi) is 5.54. The Morgan fingerprint density at radius 1 is 0.707 bits per heavy atom. The maximum atomic E-state index is 6.35. The van der Waals surface area contributed by atoms with E-state index in [4.69, 9.17) is 4.42 Å². The minimum atomic E-state index is -0.185. The van der Waals surface area contributed by atoms with Crippen LogP contribution in [-0.2, 0) is 10.8 Å². The normalized spacial score (nSPS) is 13.9. The summed E-state index contributed by atoms with van der Waals surface area (Å²) < 4.78 is 6.35. The molecule has 1 aliphatic rings. The van der Waals surface area contributed by atoms with Crippen LogP contribution < -0.4 is 4.90 Å². The van der Waals surface area contributed by atoms with Gasteiger partial charge in [0.05, 0.1) is 11.4 Å². The molecule has 0 fully saturated rings. The Balaban J connectivity index is 1.55. The van der Waals surface area contributed by atoms with Gasteiger partial charge in [0.25, 0.3) is 0 Å². The average Bonchev–Trinajstić information content (AvgIpc) is 3.43. The lowest BCUT2D eigenvalue weighted by molar-refractivity contribution is 0.589. The molecule has 0 unspecified atom stereocenters. The van der Waals surface area contributed by atoms with E-state index in [0.29, 0.717) is 0 Å². The number of benzene rings is 5. The van der Waals surface area contributed by atoms with Crippen LogP contribution in [0, 0.1) is 13.8 Å². The SMILES string of the molecule is Cc1cc(C(C)(C)C)cc(C)c1N(c1ccccc1)c1cccc2c1-c1ccc3oc4ccccc4c3c1C2(C)C. The Hall–Kier alpha value is -4.30. The van der Waals surface area contributed by atoms with Gasteiger partial charge in [0, 0.05) is 27.4 Å². The summed E-state index contributed by atoms with van der Waals surface area (Å²) in [4.78, 5) is 2.48. The molecule has 7 rings (SSSR count). The van der Waals surface area contributed by atoms with Crippen LogP contribution in [0.4, 0.5) is 17.1 Å². The number of hydrogen-bond acceptors (Lipinski definition) is 2. The van der Waals surface area contributed by atoms with Gasteiger partial charge in [0.1, 0.15) is 11.2 Å². The zero-order valence-electron chi connectivity index (χ0n) is 25.1. The lowest BCUT2D eigenvalue weighted by atomic mass is 9.80. The van der Waals surface area contributed by atoms with Crippen molar-refractivity contribution in [2.24, 2.45) is 0 Å². The minimum Gasteiger partial charge on any atom is -0.456 e. The highest BCUT2D eigenvalue weighted by Gasteiger charge is 2.40. The Morgan fingerprint density at radius 3 is 2.10 bits per heavy atom. The van der Waals surface area contributed by atoms with E-state index in [2.05, 4.69) is 150 Å². The highest BCUT2D eigenvalue weighted by atomic mass is 16.3. The number of hydrogen-bond donors (Lipinski definition) is 0. The van der Waals surface area contributed by atoms with Crippen LogP contribution in [-0.4, -0.2) is 0 Å². The fourth-order valence-electron chi connectivity index (χ4n) is 7.05. The first-order valence-electron chi connectivity index (χ1n) is 14.6. The Morgan fingerprint density at radius 2 is 1.39 bits per heavy atom. The van der Waals surface area contributed by atoms with Crippen molar-refractivity contribution in [3.05, 3.63) is 125 Å². The van der Waals surface area contributed by atoms with Gasteiger partial charge in [-0.15, -0.1) is 0 Å². The van der Waals surface area contributed by atoms with Crippen LogP contribution in [0.3, 0.4) is 0 Å². The van der Waals surface area contributed by atoms with Gasteiger partial charge in [-0.1, -0.05) is 101 Å². The molecule has 0 amide bonds. The molecular formula is C39H37NO. The molecule has 204 valence electrons. The largest absolute Gasteiger partial charge is 0.456 e. The van der Waals surface area contributed by atoms with Crippen LogP contribution in [0.15, 0.2) is 101 Å². The number of anilines is 3. The topological polar surface area (TPSA) is 16.4 Å². The number of fused-ring (bicyclic) bond motifs is 7. The van der Waals surface area contributed by atoms with E-state index in [1.807, 2.05) is 0 Å². The summed E-state index contributed by atoms with van der Waals surface area (Å²) in [6.07, 6.45) is 0. The molecule has 2 heteroatoms. The summed E-state index contributed by atoms with van der Waals surface area (Å²) in [6.45, 7) is 16.1. The van der Waals surface area contributed by atoms with Gasteiger partial charge in [0.2, 0.25) is 0 Å². The third kappa shape index (κ3) is 3.77. The highest BCUT2D eigenvalue weighted by molar-refractivity contribution is 6.12. The van der Waals surface area contributed by atoms with E-state index >= 15 is 0 Å². The summed E-state index contributed by atoms with van der Waals surface area (Å²) in [5, 5.41) is 2.42. The van der Waals surface area contributed by atoms with E-state index in [1.165, 1.54) is 61.1 Å². The van der Waals surface area contributed by atoms with Gasteiger partial charge in [-0.05, 0) is 83.0 Å². The molecule has 1 heterocycles. The first-order valence-corrected chi connectivity index (χ1v) is 14.6. The summed E-state index contributed by atoms with van der Waals surface area (Å²) >= 11 is 0. The second-order valence-electron chi connectivity index (χ2n) is 13.2. The third-order valence-corrected chi connectivity index (χ3v) is 8.99. The van der Waals surface area contributed by atoms with E-state index < -0.39 is 0 Å². The summed E-state index contributed by atoms with van der Waals surface area (Å²) in [5.41, 5.74) is 14.7. The van der Waals surface area contributed by atoms with Gasteiger partial charge >= 0.3 is 0 Å². The molecular weight excluding hydrogens is 498 g/mol. The van der Waals surface area contributed by atoms with Gasteiger partial charge in [-0.25, -0.2) is 0 Å². The van der Waals surface area contributed by atoms with Crippen molar-refractivity contribution in [3.8, 4) is 11.1 Å². The quantitative estimate of drug-likeness (QED) is 0.224. The molecule has 0 saturated heterocycles. The predicted octanol–water partition coefficient (Wildman–Crippen LogP) is 11.3. The summed E-state index contributed by atoms with van der Waals surface area (Å²) in [6, 6.07) is 35.3. The van der Waals surface area contributed by atoms with Crippen molar-refractivity contribution < 1.29 is 4.42 Å². The average molecular weight is 536 g/mol. The molecule has 1 aromatic heterocycles. The maximum absolute atomic E-state index is 6.35. The molecule has 5 aromatic carbocycles. The highest BCUT2D eigenvalue weighted by Crippen LogP contribution is 2.57. The minimum absolute atomic E-state index is 0.0846. The number of furan rings is 1. The first-order chi connectivity index (χ1) is 19.6. The van der Waals surface area contributed by atoms with Crippen molar-refractivity contribution >= 4 is 39.0 Å². The van der Waals surface area contributed by atoms with E-state index in [0.717, 1.165) is 16.9 Å². The van der Waals surface area contributed by atoms with Gasteiger partial charge < -0.3 is 9.32 Å². The lowest BCUT2D eigenvalue weighted by Crippen LogP contribution is -2.18. The number of para-hydroxylation sites is 2. The van der Waals surface area contributed by atoms with Crippen LogP contribution >= 0.6 is 0 Å². The van der Waals surface area contributed by atoms with E-state index in [-0.39, 0.29) is 10.8 Å².